The average Bonchev–Trinajstić information content (AvgIpc) is 3.66. The molecule has 2 aliphatic rings. The first-order valence-electron chi connectivity index (χ1n) is 13.0. The van der Waals surface area contributed by atoms with Crippen LogP contribution in [0.1, 0.15) is 43.0 Å². The van der Waals surface area contributed by atoms with Crippen molar-refractivity contribution in [1.29, 1.82) is 0 Å². The molecule has 198 valence electrons. The predicted molar refractivity (Wildman–Crippen MR) is 153 cm³/mol. The van der Waals surface area contributed by atoms with Gasteiger partial charge in [-0.15, -0.1) is 0 Å². The number of carbonyl (C=O) groups excluding carboxylic acids is 2. The largest absolute Gasteiger partial charge is 0.493 e. The summed E-state index contributed by atoms with van der Waals surface area (Å²) in [6, 6.07) is 26.1. The van der Waals surface area contributed by atoms with Gasteiger partial charge in [-0.2, -0.15) is 10.2 Å². The highest BCUT2D eigenvalue weighted by molar-refractivity contribution is 5.96. The van der Waals surface area contributed by atoms with Gasteiger partial charge in [0.2, 0.25) is 0 Å². The molecule has 0 bridgehead atoms. The minimum atomic E-state index is -0.298. The van der Waals surface area contributed by atoms with Gasteiger partial charge in [-0.1, -0.05) is 24.3 Å². The Labute approximate surface area is 231 Å². The van der Waals surface area contributed by atoms with Gasteiger partial charge in [0.1, 0.15) is 11.5 Å². The molecule has 0 fully saturated rings. The third-order valence-corrected chi connectivity index (χ3v) is 6.81. The van der Waals surface area contributed by atoms with E-state index < -0.39 is 0 Å². The lowest BCUT2D eigenvalue weighted by Crippen LogP contribution is -2.17. The SMILES string of the molecule is O=C(N/N=C/c1ccc2c(c1)CCO2)c1ccc(-c2ccc(C(=O)N/N=C/c3ccc4c(c3)CCO4)cc2)cc1. The van der Waals surface area contributed by atoms with E-state index in [9.17, 15) is 9.59 Å². The molecule has 0 aliphatic carbocycles. The van der Waals surface area contributed by atoms with Crippen molar-refractivity contribution in [3.63, 3.8) is 0 Å². The number of nitrogens with zero attached hydrogens (tertiary/aromatic N) is 2. The van der Waals surface area contributed by atoms with Crippen LogP contribution in [0, 0.1) is 0 Å². The molecule has 0 atom stereocenters. The topological polar surface area (TPSA) is 101 Å². The van der Waals surface area contributed by atoms with Crippen LogP contribution in [-0.4, -0.2) is 37.5 Å². The Morgan fingerprint density at radius 1 is 0.600 bits per heavy atom. The van der Waals surface area contributed by atoms with E-state index in [0.29, 0.717) is 24.3 Å². The molecule has 4 aromatic carbocycles. The van der Waals surface area contributed by atoms with Gasteiger partial charge in [0.05, 0.1) is 25.6 Å². The van der Waals surface area contributed by atoms with Gasteiger partial charge < -0.3 is 9.47 Å². The van der Waals surface area contributed by atoms with Crippen molar-refractivity contribution in [2.24, 2.45) is 10.2 Å². The van der Waals surface area contributed by atoms with Crippen LogP contribution in [0.4, 0.5) is 0 Å². The van der Waals surface area contributed by atoms with E-state index in [1.165, 1.54) is 0 Å². The van der Waals surface area contributed by atoms with Crippen LogP contribution in [0.2, 0.25) is 0 Å². The lowest BCUT2D eigenvalue weighted by molar-refractivity contribution is 0.0947. The number of nitrogens with one attached hydrogen (secondary N) is 2. The van der Waals surface area contributed by atoms with E-state index >= 15 is 0 Å². The Hall–Kier alpha value is -5.24. The molecule has 0 radical (unpaired) electrons. The third-order valence-electron chi connectivity index (χ3n) is 6.81. The first kappa shape index (κ1) is 25.1. The number of hydrazone groups is 2. The second-order valence-corrected chi connectivity index (χ2v) is 9.48. The summed E-state index contributed by atoms with van der Waals surface area (Å²) >= 11 is 0. The quantitative estimate of drug-likeness (QED) is 0.266. The second kappa shape index (κ2) is 11.2. The molecule has 2 aliphatic heterocycles. The molecular formula is C32H26N4O4. The highest BCUT2D eigenvalue weighted by Crippen LogP contribution is 2.26. The Kier molecular flexibility index (Phi) is 7.05. The van der Waals surface area contributed by atoms with E-state index in [0.717, 1.165) is 57.7 Å². The van der Waals surface area contributed by atoms with E-state index in [4.69, 9.17) is 9.47 Å². The summed E-state index contributed by atoms with van der Waals surface area (Å²) in [6.07, 6.45) is 5.01. The number of ether oxygens (including phenoxy) is 2. The molecule has 40 heavy (non-hydrogen) atoms. The van der Waals surface area contributed by atoms with Crippen LogP contribution in [0.25, 0.3) is 11.1 Å². The third kappa shape index (κ3) is 5.61. The summed E-state index contributed by atoms with van der Waals surface area (Å²) in [5.74, 6) is 1.22. The fraction of sp³-hybridized carbons (Fsp3) is 0.125. The van der Waals surface area contributed by atoms with Crippen LogP contribution in [-0.2, 0) is 12.8 Å². The number of rotatable bonds is 7. The first-order chi connectivity index (χ1) is 19.6. The predicted octanol–water partition coefficient (Wildman–Crippen LogP) is 4.75. The maximum atomic E-state index is 12.5. The lowest BCUT2D eigenvalue weighted by atomic mass is 10.0. The molecule has 0 saturated carbocycles. The molecule has 6 rings (SSSR count). The van der Waals surface area contributed by atoms with Gasteiger partial charge in [-0.05, 0) is 94.0 Å². The lowest BCUT2D eigenvalue weighted by Gasteiger charge is -2.06. The molecule has 2 N–H and O–H groups in total. The van der Waals surface area contributed by atoms with Crippen molar-refractivity contribution in [2.45, 2.75) is 12.8 Å². The Balaban J connectivity index is 1.02. The number of amides is 2. The normalized spacial score (nSPS) is 13.5. The average molecular weight is 531 g/mol. The van der Waals surface area contributed by atoms with Crippen molar-refractivity contribution >= 4 is 24.2 Å². The van der Waals surface area contributed by atoms with E-state index in [-0.39, 0.29) is 11.8 Å². The fourth-order valence-electron chi connectivity index (χ4n) is 4.66. The number of fused-ring (bicyclic) bond motifs is 2. The van der Waals surface area contributed by atoms with Crippen LogP contribution in [0.3, 0.4) is 0 Å². The molecule has 2 heterocycles. The molecule has 4 aromatic rings. The van der Waals surface area contributed by atoms with Crippen LogP contribution < -0.4 is 20.3 Å². The number of benzene rings is 4. The van der Waals surface area contributed by atoms with Gasteiger partial charge >= 0.3 is 0 Å². The van der Waals surface area contributed by atoms with Gasteiger partial charge in [0.25, 0.3) is 11.8 Å². The molecule has 2 amide bonds. The second-order valence-electron chi connectivity index (χ2n) is 9.48. The molecule has 8 nitrogen and oxygen atoms in total. The van der Waals surface area contributed by atoms with Crippen molar-refractivity contribution in [2.75, 3.05) is 13.2 Å². The molecule has 0 spiro atoms. The summed E-state index contributed by atoms with van der Waals surface area (Å²) in [5.41, 5.74) is 12.1. The Bertz CT molecular complexity index is 1500. The smallest absolute Gasteiger partial charge is 0.271 e. The van der Waals surface area contributed by atoms with Crippen LogP contribution in [0.5, 0.6) is 11.5 Å². The van der Waals surface area contributed by atoms with E-state index in [1.54, 1.807) is 36.7 Å². The maximum Gasteiger partial charge on any atom is 0.271 e. The monoisotopic (exact) mass is 530 g/mol. The van der Waals surface area contributed by atoms with Gasteiger partial charge in [-0.25, -0.2) is 10.9 Å². The van der Waals surface area contributed by atoms with Gasteiger partial charge in [0.15, 0.2) is 0 Å². The maximum absolute atomic E-state index is 12.5. The molecule has 0 aromatic heterocycles. The van der Waals surface area contributed by atoms with Crippen LogP contribution >= 0.6 is 0 Å². The number of hydrogen-bond donors (Lipinski definition) is 2. The molecular weight excluding hydrogens is 504 g/mol. The fourth-order valence-corrected chi connectivity index (χ4v) is 4.66. The molecule has 0 unspecified atom stereocenters. The highest BCUT2D eigenvalue weighted by atomic mass is 16.5. The van der Waals surface area contributed by atoms with Gasteiger partial charge in [-0.3, -0.25) is 9.59 Å². The Morgan fingerprint density at radius 3 is 1.45 bits per heavy atom. The zero-order valence-electron chi connectivity index (χ0n) is 21.6. The van der Waals surface area contributed by atoms with Crippen molar-refractivity contribution in [1.82, 2.24) is 10.9 Å². The summed E-state index contributed by atoms with van der Waals surface area (Å²) in [5, 5.41) is 8.17. The van der Waals surface area contributed by atoms with Crippen molar-refractivity contribution in [3.8, 4) is 22.6 Å². The summed E-state index contributed by atoms with van der Waals surface area (Å²) in [4.78, 5) is 25.0. The minimum absolute atomic E-state index is 0.298. The molecule has 8 heteroatoms. The zero-order chi connectivity index (χ0) is 27.3. The Morgan fingerprint density at radius 2 is 1.02 bits per heavy atom. The zero-order valence-corrected chi connectivity index (χ0v) is 21.6. The summed E-state index contributed by atoms with van der Waals surface area (Å²) in [7, 11) is 0. The number of hydrogen-bond acceptors (Lipinski definition) is 6. The van der Waals surface area contributed by atoms with Crippen molar-refractivity contribution < 1.29 is 19.1 Å². The summed E-state index contributed by atoms with van der Waals surface area (Å²) in [6.45, 7) is 1.40. The van der Waals surface area contributed by atoms with Gasteiger partial charge in [0, 0.05) is 24.0 Å². The molecule has 0 saturated heterocycles. The number of carbonyl (C=O) groups is 2. The first-order valence-corrected chi connectivity index (χ1v) is 13.0. The van der Waals surface area contributed by atoms with Crippen LogP contribution in [0.15, 0.2) is 95.1 Å². The van der Waals surface area contributed by atoms with Crippen molar-refractivity contribution in [3.05, 3.63) is 118 Å². The minimum Gasteiger partial charge on any atom is -0.493 e. The van der Waals surface area contributed by atoms with E-state index in [2.05, 4.69) is 21.1 Å². The summed E-state index contributed by atoms with van der Waals surface area (Å²) < 4.78 is 11.0. The highest BCUT2D eigenvalue weighted by Gasteiger charge is 2.13. The standard InChI is InChI=1S/C32H26N4O4/c37-31(35-33-19-21-1-11-29-27(17-21)13-15-39-29)25-7-3-23(4-8-25)24-5-9-26(10-6-24)32(38)36-34-20-22-2-12-30-28(18-22)14-16-40-30/h1-12,17-20H,13-16H2,(H,35,37)(H,36,38)/b33-19+,34-20+. The van der Waals surface area contributed by atoms with E-state index in [1.807, 2.05) is 60.7 Å².